The Morgan fingerprint density at radius 1 is 1.08 bits per heavy atom. The molecule has 6 nitrogen and oxygen atoms in total. The summed E-state index contributed by atoms with van der Waals surface area (Å²) in [5.41, 5.74) is 0.973. The topological polar surface area (TPSA) is 93.1 Å². The van der Waals surface area contributed by atoms with Gasteiger partial charge in [0.15, 0.2) is 0 Å². The van der Waals surface area contributed by atoms with Crippen LogP contribution in [-0.2, 0) is 20.5 Å². The van der Waals surface area contributed by atoms with E-state index in [0.29, 0.717) is 18.6 Å². The third-order valence-corrected chi connectivity index (χ3v) is 4.58. The van der Waals surface area contributed by atoms with E-state index in [2.05, 4.69) is 0 Å². The molecule has 2 aromatic carbocycles. The van der Waals surface area contributed by atoms with Gasteiger partial charge in [-0.2, -0.15) is 0 Å². The molecule has 0 aliphatic carbocycles. The Labute approximate surface area is 146 Å². The molecular weight excluding hydrogens is 343 g/mol. The SMILES string of the molecule is CC(=O)O[C@H](CCCc1cccc(Oc2ccccc2)c1)P(=O)(O)O. The number of esters is 1. The number of hydrogen-bond acceptors (Lipinski definition) is 4. The minimum atomic E-state index is -4.47. The monoisotopic (exact) mass is 364 g/mol. The van der Waals surface area contributed by atoms with Crippen LogP contribution in [0, 0.1) is 0 Å². The molecular formula is C18H21O6P. The van der Waals surface area contributed by atoms with Gasteiger partial charge in [-0.05, 0) is 49.1 Å². The Morgan fingerprint density at radius 2 is 1.76 bits per heavy atom. The van der Waals surface area contributed by atoms with E-state index in [0.717, 1.165) is 18.2 Å². The molecule has 2 aromatic rings. The van der Waals surface area contributed by atoms with Crippen LogP contribution >= 0.6 is 7.60 Å². The van der Waals surface area contributed by atoms with Crippen LogP contribution in [0.25, 0.3) is 0 Å². The first-order chi connectivity index (χ1) is 11.8. The van der Waals surface area contributed by atoms with Crippen LogP contribution in [-0.4, -0.2) is 21.6 Å². The van der Waals surface area contributed by atoms with Gasteiger partial charge < -0.3 is 19.3 Å². The van der Waals surface area contributed by atoms with Gasteiger partial charge in [0, 0.05) is 6.92 Å². The summed E-state index contributed by atoms with van der Waals surface area (Å²) in [4.78, 5) is 29.5. The van der Waals surface area contributed by atoms with Gasteiger partial charge in [-0.1, -0.05) is 30.3 Å². The Hall–Kier alpha value is -2.14. The standard InChI is InChI=1S/C18H21O6P/c1-14(19)23-18(25(20,21)22)12-6-8-15-7-5-11-17(13-15)24-16-9-3-2-4-10-16/h2-5,7,9-11,13,18H,6,8,12H2,1H3,(H2,20,21,22)/t18-/m0/s1. The van der Waals surface area contributed by atoms with E-state index in [1.54, 1.807) is 0 Å². The minimum Gasteiger partial charge on any atom is -0.457 e. The number of hydrogen-bond donors (Lipinski definition) is 2. The number of aryl methyl sites for hydroxylation is 1. The molecule has 0 amide bonds. The zero-order valence-corrected chi connectivity index (χ0v) is 14.8. The van der Waals surface area contributed by atoms with Gasteiger partial charge >= 0.3 is 13.6 Å². The number of carbonyl (C=O) groups excluding carboxylic acids is 1. The van der Waals surface area contributed by atoms with Crippen LogP contribution in [0.5, 0.6) is 11.5 Å². The van der Waals surface area contributed by atoms with Gasteiger partial charge in [-0.25, -0.2) is 0 Å². The Morgan fingerprint density at radius 3 is 2.40 bits per heavy atom. The molecule has 0 spiro atoms. The molecule has 2 rings (SSSR count). The van der Waals surface area contributed by atoms with Crippen LogP contribution in [0.2, 0.25) is 0 Å². The number of benzene rings is 2. The van der Waals surface area contributed by atoms with Crippen molar-refractivity contribution in [3.63, 3.8) is 0 Å². The van der Waals surface area contributed by atoms with E-state index < -0.39 is 19.4 Å². The van der Waals surface area contributed by atoms with Crippen LogP contribution < -0.4 is 4.74 Å². The van der Waals surface area contributed by atoms with Crippen molar-refractivity contribution in [3.8, 4) is 11.5 Å². The van der Waals surface area contributed by atoms with Crippen molar-refractivity contribution in [1.82, 2.24) is 0 Å². The quantitative estimate of drug-likeness (QED) is 0.546. The molecule has 0 radical (unpaired) electrons. The van der Waals surface area contributed by atoms with Crippen molar-refractivity contribution in [2.45, 2.75) is 32.0 Å². The molecule has 0 heterocycles. The highest BCUT2D eigenvalue weighted by Gasteiger charge is 2.31. The number of para-hydroxylation sites is 1. The van der Waals surface area contributed by atoms with E-state index in [9.17, 15) is 19.1 Å². The van der Waals surface area contributed by atoms with Crippen molar-refractivity contribution in [3.05, 3.63) is 60.2 Å². The lowest BCUT2D eigenvalue weighted by molar-refractivity contribution is -0.143. The van der Waals surface area contributed by atoms with Crippen LogP contribution in [0.4, 0.5) is 0 Å². The molecule has 0 unspecified atom stereocenters. The fourth-order valence-corrected chi connectivity index (χ4v) is 3.16. The molecule has 2 N–H and O–H groups in total. The minimum absolute atomic E-state index is 0.0909. The Bertz CT molecular complexity index is 740. The Kier molecular flexibility index (Phi) is 6.76. The first kappa shape index (κ1) is 19.2. The summed E-state index contributed by atoms with van der Waals surface area (Å²) in [5, 5.41) is 0. The maximum atomic E-state index is 11.4. The summed E-state index contributed by atoms with van der Waals surface area (Å²) in [5.74, 6) is -0.674. The Balaban J connectivity index is 1.93. The second-order valence-corrected chi connectivity index (χ2v) is 7.36. The van der Waals surface area contributed by atoms with Crippen molar-refractivity contribution in [1.29, 1.82) is 0 Å². The van der Waals surface area contributed by atoms with Crippen LogP contribution in [0.15, 0.2) is 54.6 Å². The van der Waals surface area contributed by atoms with Gasteiger partial charge in [0.05, 0.1) is 0 Å². The summed E-state index contributed by atoms with van der Waals surface area (Å²) in [7, 11) is -4.47. The maximum Gasteiger partial charge on any atom is 0.365 e. The summed E-state index contributed by atoms with van der Waals surface area (Å²) < 4.78 is 21.9. The van der Waals surface area contributed by atoms with Gasteiger partial charge in [0.25, 0.3) is 0 Å². The predicted molar refractivity (Wildman–Crippen MR) is 93.5 cm³/mol. The fourth-order valence-electron chi connectivity index (χ4n) is 2.36. The average Bonchev–Trinajstić information content (AvgIpc) is 2.54. The molecule has 25 heavy (non-hydrogen) atoms. The summed E-state index contributed by atoms with van der Waals surface area (Å²) in [6.45, 7) is 1.13. The highest BCUT2D eigenvalue weighted by molar-refractivity contribution is 7.52. The molecule has 0 saturated heterocycles. The normalized spacial score (nSPS) is 12.4. The molecule has 0 aliphatic heterocycles. The molecule has 0 saturated carbocycles. The fraction of sp³-hybridized carbons (Fsp3) is 0.278. The second kappa shape index (κ2) is 8.81. The molecule has 0 bridgehead atoms. The van der Waals surface area contributed by atoms with Crippen molar-refractivity contribution >= 4 is 13.6 Å². The summed E-state index contributed by atoms with van der Waals surface area (Å²) in [6.07, 6.45) is 1.15. The third-order valence-electron chi connectivity index (χ3n) is 3.47. The van der Waals surface area contributed by atoms with E-state index in [-0.39, 0.29) is 6.42 Å². The van der Waals surface area contributed by atoms with Crippen molar-refractivity contribution in [2.24, 2.45) is 0 Å². The van der Waals surface area contributed by atoms with Crippen molar-refractivity contribution < 1.29 is 28.6 Å². The maximum absolute atomic E-state index is 11.4. The largest absolute Gasteiger partial charge is 0.457 e. The van der Waals surface area contributed by atoms with E-state index in [1.165, 1.54) is 0 Å². The van der Waals surface area contributed by atoms with Crippen LogP contribution in [0.3, 0.4) is 0 Å². The van der Waals surface area contributed by atoms with E-state index in [1.807, 2.05) is 54.6 Å². The molecule has 1 atom stereocenters. The first-order valence-corrected chi connectivity index (χ1v) is 9.57. The summed E-state index contributed by atoms with van der Waals surface area (Å²) >= 11 is 0. The molecule has 0 aromatic heterocycles. The van der Waals surface area contributed by atoms with E-state index in [4.69, 9.17) is 9.47 Å². The number of rotatable bonds is 8. The molecule has 0 fully saturated rings. The zero-order chi connectivity index (χ0) is 18.3. The number of ether oxygens (including phenoxy) is 2. The van der Waals surface area contributed by atoms with Gasteiger partial charge in [-0.3, -0.25) is 9.36 Å². The van der Waals surface area contributed by atoms with Crippen molar-refractivity contribution in [2.75, 3.05) is 0 Å². The highest BCUT2D eigenvalue weighted by atomic mass is 31.2. The lowest BCUT2D eigenvalue weighted by Gasteiger charge is -2.18. The van der Waals surface area contributed by atoms with E-state index >= 15 is 0 Å². The average molecular weight is 364 g/mol. The molecule has 0 aliphatic rings. The highest BCUT2D eigenvalue weighted by Crippen LogP contribution is 2.44. The zero-order valence-electron chi connectivity index (χ0n) is 13.9. The van der Waals surface area contributed by atoms with Gasteiger partial charge in [-0.15, -0.1) is 0 Å². The second-order valence-electron chi connectivity index (χ2n) is 5.61. The predicted octanol–water partition coefficient (Wildman–Crippen LogP) is 3.87. The summed E-state index contributed by atoms with van der Waals surface area (Å²) in [6, 6.07) is 16.9. The number of carbonyl (C=O) groups is 1. The third kappa shape index (κ3) is 6.70. The lowest BCUT2D eigenvalue weighted by Crippen LogP contribution is -2.16. The lowest BCUT2D eigenvalue weighted by atomic mass is 10.1. The van der Waals surface area contributed by atoms with Gasteiger partial charge in [0.1, 0.15) is 11.5 Å². The van der Waals surface area contributed by atoms with Crippen LogP contribution in [0.1, 0.15) is 25.3 Å². The molecule has 7 heteroatoms. The molecule has 134 valence electrons. The first-order valence-electron chi connectivity index (χ1n) is 7.89. The van der Waals surface area contributed by atoms with Gasteiger partial charge in [0.2, 0.25) is 5.85 Å². The smallest absolute Gasteiger partial charge is 0.365 e.